The van der Waals surface area contributed by atoms with Crippen LogP contribution in [0.2, 0.25) is 0 Å². The highest BCUT2D eigenvalue weighted by molar-refractivity contribution is 9.10. The summed E-state index contributed by atoms with van der Waals surface area (Å²) in [7, 11) is 0. The molecule has 0 radical (unpaired) electrons. The zero-order valence-corrected chi connectivity index (χ0v) is 11.8. The van der Waals surface area contributed by atoms with E-state index in [0.29, 0.717) is 0 Å². The predicted molar refractivity (Wildman–Crippen MR) is 78.9 cm³/mol. The van der Waals surface area contributed by atoms with Gasteiger partial charge in [0.1, 0.15) is 5.82 Å². The molecular formula is C13H10BrN3S. The Bertz CT molecular complexity index is 681. The molecule has 0 aliphatic heterocycles. The van der Waals surface area contributed by atoms with Gasteiger partial charge in [0.25, 0.3) is 0 Å². The largest absolute Gasteiger partial charge is 0.364 e. The summed E-state index contributed by atoms with van der Waals surface area (Å²) in [5.74, 6) is 0.800. The minimum absolute atomic E-state index is 0.755. The maximum atomic E-state index is 4.52. The molecular weight excluding hydrogens is 310 g/mol. The van der Waals surface area contributed by atoms with Crippen molar-refractivity contribution in [3.05, 3.63) is 51.3 Å². The molecule has 0 atom stereocenters. The number of thiophene rings is 1. The number of hydrogen-bond donors (Lipinski definition) is 1. The fourth-order valence-corrected chi connectivity index (χ4v) is 3.10. The van der Waals surface area contributed by atoms with Gasteiger partial charge in [-0.2, -0.15) is 0 Å². The van der Waals surface area contributed by atoms with Gasteiger partial charge in [0.05, 0.1) is 23.8 Å². The van der Waals surface area contributed by atoms with Crippen LogP contribution in [0.4, 0.5) is 5.82 Å². The van der Waals surface area contributed by atoms with Gasteiger partial charge >= 0.3 is 0 Å². The lowest BCUT2D eigenvalue weighted by Crippen LogP contribution is -2.01. The average molecular weight is 320 g/mol. The molecule has 0 aliphatic rings. The minimum atomic E-state index is 0.755. The molecule has 18 heavy (non-hydrogen) atoms. The number of halogens is 1. The number of anilines is 1. The van der Waals surface area contributed by atoms with Crippen molar-refractivity contribution in [1.82, 2.24) is 9.97 Å². The number of nitrogens with zero attached hydrogens (tertiary/aromatic N) is 2. The molecule has 3 rings (SSSR count). The van der Waals surface area contributed by atoms with Gasteiger partial charge in [-0.05, 0) is 39.5 Å². The Balaban J connectivity index is 1.81. The molecule has 0 saturated carbocycles. The number of benzene rings is 1. The third-order valence-corrected chi connectivity index (χ3v) is 4.50. The van der Waals surface area contributed by atoms with E-state index in [9.17, 15) is 0 Å². The second-order valence-corrected chi connectivity index (χ2v) is 5.64. The van der Waals surface area contributed by atoms with Crippen LogP contribution >= 0.6 is 27.3 Å². The second kappa shape index (κ2) is 5.04. The van der Waals surface area contributed by atoms with E-state index in [4.69, 9.17) is 0 Å². The fraction of sp³-hybridized carbons (Fsp3) is 0.0769. The molecule has 0 amide bonds. The summed E-state index contributed by atoms with van der Waals surface area (Å²) in [5.41, 5.74) is 1.83. The maximum absolute atomic E-state index is 4.52. The molecule has 3 aromatic rings. The van der Waals surface area contributed by atoms with Crippen molar-refractivity contribution in [2.45, 2.75) is 6.54 Å². The SMILES string of the molecule is Brc1ccsc1CNc1cnc2ccccc2n1. The monoisotopic (exact) mass is 319 g/mol. The van der Waals surface area contributed by atoms with Crippen molar-refractivity contribution in [3.8, 4) is 0 Å². The predicted octanol–water partition coefficient (Wildman–Crippen LogP) is 4.07. The van der Waals surface area contributed by atoms with Crippen molar-refractivity contribution < 1.29 is 0 Å². The van der Waals surface area contributed by atoms with Gasteiger partial charge in [0.2, 0.25) is 0 Å². The van der Waals surface area contributed by atoms with Crippen LogP contribution in [-0.4, -0.2) is 9.97 Å². The molecule has 0 spiro atoms. The summed E-state index contributed by atoms with van der Waals surface area (Å²) in [6.07, 6.45) is 1.77. The lowest BCUT2D eigenvalue weighted by Gasteiger charge is -2.05. The molecule has 0 unspecified atom stereocenters. The lowest BCUT2D eigenvalue weighted by atomic mass is 10.3. The van der Waals surface area contributed by atoms with Gasteiger partial charge < -0.3 is 5.32 Å². The number of hydrogen-bond acceptors (Lipinski definition) is 4. The van der Waals surface area contributed by atoms with Crippen LogP contribution in [0.25, 0.3) is 11.0 Å². The summed E-state index contributed by atoms with van der Waals surface area (Å²) < 4.78 is 1.13. The number of nitrogens with one attached hydrogen (secondary N) is 1. The summed E-state index contributed by atoms with van der Waals surface area (Å²) >= 11 is 5.23. The van der Waals surface area contributed by atoms with Gasteiger partial charge in [-0.15, -0.1) is 11.3 Å². The Morgan fingerprint density at radius 2 is 2.00 bits per heavy atom. The van der Waals surface area contributed by atoms with Crippen LogP contribution in [0.1, 0.15) is 4.88 Å². The smallest absolute Gasteiger partial charge is 0.145 e. The van der Waals surface area contributed by atoms with Crippen LogP contribution in [0.3, 0.4) is 0 Å². The lowest BCUT2D eigenvalue weighted by molar-refractivity contribution is 1.13. The van der Waals surface area contributed by atoms with E-state index in [1.165, 1.54) is 4.88 Å². The van der Waals surface area contributed by atoms with E-state index in [2.05, 4.69) is 36.6 Å². The van der Waals surface area contributed by atoms with Crippen molar-refractivity contribution in [2.75, 3.05) is 5.32 Å². The van der Waals surface area contributed by atoms with Gasteiger partial charge in [0, 0.05) is 9.35 Å². The van der Waals surface area contributed by atoms with Gasteiger partial charge in [-0.1, -0.05) is 12.1 Å². The molecule has 0 fully saturated rings. The van der Waals surface area contributed by atoms with Crippen LogP contribution < -0.4 is 5.32 Å². The van der Waals surface area contributed by atoms with Crippen molar-refractivity contribution >= 4 is 44.1 Å². The van der Waals surface area contributed by atoms with E-state index in [1.807, 2.05) is 30.3 Å². The Hall–Kier alpha value is -1.46. The quantitative estimate of drug-likeness (QED) is 0.790. The highest BCUT2D eigenvalue weighted by atomic mass is 79.9. The fourth-order valence-electron chi connectivity index (χ4n) is 1.66. The van der Waals surface area contributed by atoms with Crippen LogP contribution in [-0.2, 0) is 6.54 Å². The minimum Gasteiger partial charge on any atom is -0.364 e. The first kappa shape index (κ1) is 11.6. The van der Waals surface area contributed by atoms with Crippen LogP contribution in [0.15, 0.2) is 46.4 Å². The first-order valence-electron chi connectivity index (χ1n) is 5.50. The molecule has 1 N–H and O–H groups in total. The maximum Gasteiger partial charge on any atom is 0.145 e. The zero-order valence-electron chi connectivity index (χ0n) is 9.43. The Kier molecular flexibility index (Phi) is 3.25. The molecule has 3 nitrogen and oxygen atoms in total. The number of fused-ring (bicyclic) bond motifs is 1. The number of rotatable bonds is 3. The first-order chi connectivity index (χ1) is 8.83. The molecule has 1 aromatic carbocycles. The van der Waals surface area contributed by atoms with Gasteiger partial charge in [-0.25, -0.2) is 4.98 Å². The Morgan fingerprint density at radius 1 is 1.17 bits per heavy atom. The summed E-state index contributed by atoms with van der Waals surface area (Å²) in [4.78, 5) is 10.1. The van der Waals surface area contributed by atoms with Crippen molar-refractivity contribution in [2.24, 2.45) is 0 Å². The number of aromatic nitrogens is 2. The van der Waals surface area contributed by atoms with E-state index < -0.39 is 0 Å². The highest BCUT2D eigenvalue weighted by Crippen LogP contribution is 2.23. The molecule has 0 aliphatic carbocycles. The number of para-hydroxylation sites is 2. The standard InChI is InChI=1S/C13H10BrN3S/c14-9-5-6-18-12(9)7-16-13-8-15-10-3-1-2-4-11(10)17-13/h1-6,8H,7H2,(H,16,17). The molecule has 0 bridgehead atoms. The zero-order chi connectivity index (χ0) is 12.4. The molecule has 2 aromatic heterocycles. The average Bonchev–Trinajstić information content (AvgIpc) is 2.82. The highest BCUT2D eigenvalue weighted by Gasteiger charge is 2.02. The summed E-state index contributed by atoms with van der Waals surface area (Å²) in [5, 5.41) is 5.35. The molecule has 0 saturated heterocycles. The van der Waals surface area contributed by atoms with E-state index in [1.54, 1.807) is 17.5 Å². The molecule has 5 heteroatoms. The third-order valence-electron chi connectivity index (χ3n) is 2.57. The van der Waals surface area contributed by atoms with E-state index >= 15 is 0 Å². The summed E-state index contributed by atoms with van der Waals surface area (Å²) in [6.45, 7) is 0.755. The van der Waals surface area contributed by atoms with E-state index in [-0.39, 0.29) is 0 Å². The normalized spacial score (nSPS) is 10.7. The van der Waals surface area contributed by atoms with Crippen molar-refractivity contribution in [3.63, 3.8) is 0 Å². The summed E-state index contributed by atoms with van der Waals surface area (Å²) in [6, 6.07) is 9.91. The van der Waals surface area contributed by atoms with E-state index in [0.717, 1.165) is 27.9 Å². The second-order valence-electron chi connectivity index (χ2n) is 3.79. The first-order valence-corrected chi connectivity index (χ1v) is 7.18. The van der Waals surface area contributed by atoms with Crippen LogP contribution in [0, 0.1) is 0 Å². The Morgan fingerprint density at radius 3 is 2.78 bits per heavy atom. The van der Waals surface area contributed by atoms with Crippen LogP contribution in [0.5, 0.6) is 0 Å². The van der Waals surface area contributed by atoms with Gasteiger partial charge in [0.15, 0.2) is 0 Å². The molecule has 90 valence electrons. The molecule has 2 heterocycles. The van der Waals surface area contributed by atoms with Crippen molar-refractivity contribution in [1.29, 1.82) is 0 Å². The Labute approximate surface area is 117 Å². The topological polar surface area (TPSA) is 37.8 Å². The van der Waals surface area contributed by atoms with Gasteiger partial charge in [-0.3, -0.25) is 4.98 Å². The third kappa shape index (κ3) is 2.37.